The van der Waals surface area contributed by atoms with E-state index in [0.29, 0.717) is 0 Å². The van der Waals surface area contributed by atoms with Gasteiger partial charge in [-0.05, 0) is 41.5 Å². The third kappa shape index (κ3) is 3.70. The molecule has 0 saturated heterocycles. The van der Waals surface area contributed by atoms with E-state index in [4.69, 9.17) is 14.4 Å². The smallest absolute Gasteiger partial charge is 0.160 e. The Bertz CT molecular complexity index is 2710. The fourth-order valence-corrected chi connectivity index (χ4v) is 7.73. The van der Waals surface area contributed by atoms with E-state index in [1.54, 1.807) is 0 Å². The molecule has 0 saturated carbocycles. The molecule has 222 valence electrons. The summed E-state index contributed by atoms with van der Waals surface area (Å²) in [5.41, 5.74) is 12.6. The lowest BCUT2D eigenvalue weighted by atomic mass is 9.85. The van der Waals surface area contributed by atoms with E-state index in [-0.39, 0.29) is 5.41 Å². The van der Waals surface area contributed by atoms with Gasteiger partial charge in [-0.15, -0.1) is 0 Å². The summed E-state index contributed by atoms with van der Waals surface area (Å²) in [6.45, 7) is 4.55. The second-order valence-electron chi connectivity index (χ2n) is 13.0. The van der Waals surface area contributed by atoms with E-state index >= 15 is 0 Å². The lowest BCUT2D eigenvalue weighted by molar-refractivity contribution is 0.636. The van der Waals surface area contributed by atoms with Crippen LogP contribution < -0.4 is 0 Å². The molecule has 4 heteroatoms. The minimum Gasteiger partial charge on any atom is -0.456 e. The van der Waals surface area contributed by atoms with E-state index in [1.807, 2.05) is 12.1 Å². The lowest BCUT2D eigenvalue weighted by Crippen LogP contribution is -2.17. The van der Waals surface area contributed by atoms with Crippen molar-refractivity contribution in [1.29, 1.82) is 0 Å². The SMILES string of the molecule is CC1(C)c2ccccc2-c2c(-c3ccccc3)nc(-c3cccc(-n4c5ccccc5c5cc6c(cc54)oc4ccccc46)c3)nc21. The van der Waals surface area contributed by atoms with Crippen LogP contribution in [0.2, 0.25) is 0 Å². The topological polar surface area (TPSA) is 43.9 Å². The number of fused-ring (bicyclic) bond motifs is 9. The Labute approximate surface area is 271 Å². The average Bonchev–Trinajstić information content (AvgIpc) is 3.72. The molecule has 1 aliphatic carbocycles. The maximum Gasteiger partial charge on any atom is 0.160 e. The van der Waals surface area contributed by atoms with Gasteiger partial charge in [0.2, 0.25) is 0 Å². The fraction of sp³-hybridized carbons (Fsp3) is 0.0698. The second-order valence-corrected chi connectivity index (χ2v) is 13.0. The molecule has 0 atom stereocenters. The molecule has 0 N–H and O–H groups in total. The fourth-order valence-electron chi connectivity index (χ4n) is 7.73. The average molecular weight is 604 g/mol. The highest BCUT2D eigenvalue weighted by Crippen LogP contribution is 2.51. The number of nitrogens with zero attached hydrogens (tertiary/aromatic N) is 3. The molecule has 0 unspecified atom stereocenters. The molecule has 3 heterocycles. The summed E-state index contributed by atoms with van der Waals surface area (Å²) in [5, 5.41) is 4.68. The molecule has 6 aromatic carbocycles. The van der Waals surface area contributed by atoms with E-state index in [2.05, 4.69) is 146 Å². The van der Waals surface area contributed by atoms with E-state index in [0.717, 1.165) is 72.6 Å². The third-order valence-corrected chi connectivity index (χ3v) is 9.95. The zero-order valence-electron chi connectivity index (χ0n) is 26.0. The molecule has 47 heavy (non-hydrogen) atoms. The minimum atomic E-state index is -0.254. The molecule has 0 fully saturated rings. The van der Waals surface area contributed by atoms with Gasteiger partial charge >= 0.3 is 0 Å². The van der Waals surface area contributed by atoms with E-state index in [1.165, 1.54) is 21.9 Å². The lowest BCUT2D eigenvalue weighted by Gasteiger charge is -2.21. The number of furan rings is 1. The summed E-state index contributed by atoms with van der Waals surface area (Å²) in [4.78, 5) is 10.7. The van der Waals surface area contributed by atoms with E-state index in [9.17, 15) is 0 Å². The minimum absolute atomic E-state index is 0.254. The molecule has 0 spiro atoms. The van der Waals surface area contributed by atoms with Gasteiger partial charge in [-0.3, -0.25) is 0 Å². The predicted octanol–water partition coefficient (Wildman–Crippen LogP) is 11.1. The molecule has 0 bridgehead atoms. The van der Waals surface area contributed by atoms with Crippen molar-refractivity contribution in [2.45, 2.75) is 19.3 Å². The van der Waals surface area contributed by atoms with Crippen LogP contribution in [0.25, 0.3) is 83.2 Å². The number of hydrogen-bond donors (Lipinski definition) is 0. The first-order valence-electron chi connectivity index (χ1n) is 16.1. The Morgan fingerprint density at radius 1 is 0.553 bits per heavy atom. The molecule has 1 aliphatic rings. The zero-order chi connectivity index (χ0) is 31.3. The Kier molecular flexibility index (Phi) is 5.31. The Morgan fingerprint density at radius 2 is 1.30 bits per heavy atom. The van der Waals surface area contributed by atoms with Gasteiger partial charge < -0.3 is 8.98 Å². The van der Waals surface area contributed by atoms with Crippen molar-refractivity contribution in [3.8, 4) is 39.5 Å². The highest BCUT2D eigenvalue weighted by Gasteiger charge is 2.39. The maximum absolute atomic E-state index is 6.35. The summed E-state index contributed by atoms with van der Waals surface area (Å²) in [6.07, 6.45) is 0. The van der Waals surface area contributed by atoms with Crippen LogP contribution in [0.5, 0.6) is 0 Å². The normalized spacial score (nSPS) is 13.5. The largest absolute Gasteiger partial charge is 0.456 e. The van der Waals surface area contributed by atoms with Crippen molar-refractivity contribution in [2.75, 3.05) is 0 Å². The second kappa shape index (κ2) is 9.51. The van der Waals surface area contributed by atoms with Crippen molar-refractivity contribution >= 4 is 43.7 Å². The molecule has 9 aromatic rings. The Morgan fingerprint density at radius 3 is 2.19 bits per heavy atom. The first kappa shape index (κ1) is 26.2. The van der Waals surface area contributed by atoms with Gasteiger partial charge in [0.15, 0.2) is 5.82 Å². The maximum atomic E-state index is 6.35. The first-order chi connectivity index (χ1) is 23.1. The van der Waals surface area contributed by atoms with E-state index < -0.39 is 0 Å². The predicted molar refractivity (Wildman–Crippen MR) is 192 cm³/mol. The van der Waals surface area contributed by atoms with Crippen LogP contribution in [0, 0.1) is 0 Å². The number of benzene rings is 6. The van der Waals surface area contributed by atoms with Crippen molar-refractivity contribution in [3.05, 3.63) is 151 Å². The van der Waals surface area contributed by atoms with Crippen LogP contribution in [-0.2, 0) is 5.41 Å². The molecule has 3 aromatic heterocycles. The van der Waals surface area contributed by atoms with Crippen LogP contribution in [-0.4, -0.2) is 14.5 Å². The summed E-state index contributed by atoms with van der Waals surface area (Å²) < 4.78 is 8.69. The monoisotopic (exact) mass is 603 g/mol. The summed E-state index contributed by atoms with van der Waals surface area (Å²) in [7, 11) is 0. The Hall–Kier alpha value is -6.00. The van der Waals surface area contributed by atoms with Crippen LogP contribution in [0.1, 0.15) is 25.1 Å². The van der Waals surface area contributed by atoms with Crippen LogP contribution in [0.4, 0.5) is 0 Å². The molecular weight excluding hydrogens is 574 g/mol. The van der Waals surface area contributed by atoms with Gasteiger partial charge in [-0.2, -0.15) is 0 Å². The van der Waals surface area contributed by atoms with Gasteiger partial charge in [0, 0.05) is 55.4 Å². The number of aromatic nitrogens is 3. The van der Waals surface area contributed by atoms with Gasteiger partial charge in [0.1, 0.15) is 11.2 Å². The highest BCUT2D eigenvalue weighted by atomic mass is 16.3. The number of para-hydroxylation sites is 2. The standard InChI is InChI=1S/C43H29N3O/c1-43(2)34-20-9-6-19-31(34)39-40(26-13-4-3-5-14-26)44-42(45-41(39)43)27-15-12-16-28(23-27)46-35-21-10-7-17-29(35)32-24-33-30-18-8-11-22-37(30)47-38(33)25-36(32)46/h3-25H,1-2H3. The number of rotatable bonds is 3. The van der Waals surface area contributed by atoms with Crippen molar-refractivity contribution in [1.82, 2.24) is 14.5 Å². The van der Waals surface area contributed by atoms with Crippen LogP contribution >= 0.6 is 0 Å². The molecule has 10 rings (SSSR count). The summed E-state index contributed by atoms with van der Waals surface area (Å²) >= 11 is 0. The van der Waals surface area contributed by atoms with Crippen LogP contribution in [0.3, 0.4) is 0 Å². The number of hydrogen-bond acceptors (Lipinski definition) is 3. The molecule has 0 amide bonds. The van der Waals surface area contributed by atoms with Gasteiger partial charge in [0.25, 0.3) is 0 Å². The molecule has 0 radical (unpaired) electrons. The van der Waals surface area contributed by atoms with Gasteiger partial charge in [-0.25, -0.2) is 9.97 Å². The molecule has 4 nitrogen and oxygen atoms in total. The summed E-state index contributed by atoms with van der Waals surface area (Å²) in [6, 6.07) is 49.2. The first-order valence-corrected chi connectivity index (χ1v) is 16.1. The van der Waals surface area contributed by atoms with Crippen LogP contribution in [0.15, 0.2) is 144 Å². The molecule has 0 aliphatic heterocycles. The highest BCUT2D eigenvalue weighted by molar-refractivity contribution is 6.17. The molecular formula is C43H29N3O. The van der Waals surface area contributed by atoms with Crippen molar-refractivity contribution < 1.29 is 4.42 Å². The van der Waals surface area contributed by atoms with Gasteiger partial charge in [0.05, 0.1) is 22.4 Å². The summed E-state index contributed by atoms with van der Waals surface area (Å²) in [5.74, 6) is 0.728. The Balaban J connectivity index is 1.22. The van der Waals surface area contributed by atoms with Gasteiger partial charge in [-0.1, -0.05) is 117 Å². The quantitative estimate of drug-likeness (QED) is 0.202. The van der Waals surface area contributed by atoms with Crippen molar-refractivity contribution in [3.63, 3.8) is 0 Å². The third-order valence-electron chi connectivity index (χ3n) is 9.95. The van der Waals surface area contributed by atoms with Crippen molar-refractivity contribution in [2.24, 2.45) is 0 Å². The zero-order valence-corrected chi connectivity index (χ0v) is 26.0.